The Morgan fingerprint density at radius 1 is 1.00 bits per heavy atom. The van der Waals surface area contributed by atoms with Gasteiger partial charge in [-0.15, -0.1) is 0 Å². The Labute approximate surface area is 123 Å². The summed E-state index contributed by atoms with van der Waals surface area (Å²) in [7, 11) is 0. The van der Waals surface area contributed by atoms with Crippen LogP contribution in [0.15, 0.2) is 24.3 Å². The van der Waals surface area contributed by atoms with Gasteiger partial charge >= 0.3 is 0 Å². The highest BCUT2D eigenvalue weighted by Gasteiger charge is 2.29. The van der Waals surface area contributed by atoms with E-state index in [0.29, 0.717) is 11.5 Å². The van der Waals surface area contributed by atoms with Crippen molar-refractivity contribution in [1.29, 1.82) is 0 Å². The predicted molar refractivity (Wildman–Crippen MR) is 84.4 cm³/mol. The van der Waals surface area contributed by atoms with Crippen LogP contribution in [0, 0.1) is 11.3 Å². The third-order valence-corrected chi connectivity index (χ3v) is 4.75. The number of nitrogens with one attached hydrogen (secondary N) is 1. The first-order chi connectivity index (χ1) is 9.49. The zero-order chi connectivity index (χ0) is 14.6. The van der Waals surface area contributed by atoms with E-state index in [4.69, 9.17) is 5.11 Å². The van der Waals surface area contributed by atoms with E-state index in [0.717, 1.165) is 18.0 Å². The molecule has 2 N–H and O–H groups in total. The van der Waals surface area contributed by atoms with Crippen molar-refractivity contribution >= 4 is 0 Å². The molecule has 0 amide bonds. The number of hydrogen-bond donors (Lipinski definition) is 2. The molecule has 0 atom stereocenters. The molecule has 2 nitrogen and oxygen atoms in total. The Hall–Kier alpha value is -0.860. The summed E-state index contributed by atoms with van der Waals surface area (Å²) in [6, 6.07) is 8.91. The molecule has 0 aliphatic heterocycles. The summed E-state index contributed by atoms with van der Waals surface area (Å²) in [5.41, 5.74) is 2.75. The molecule has 0 unspecified atom stereocenters. The smallest absolute Gasteiger partial charge is 0.0681 e. The molecular formula is C18H29NO. The molecule has 20 heavy (non-hydrogen) atoms. The molecule has 1 aliphatic rings. The molecule has 2 rings (SSSR count). The summed E-state index contributed by atoms with van der Waals surface area (Å²) in [4.78, 5) is 0. The lowest BCUT2D eigenvalue weighted by atomic mass is 9.71. The van der Waals surface area contributed by atoms with Gasteiger partial charge in [-0.1, -0.05) is 45.0 Å². The highest BCUT2D eigenvalue weighted by atomic mass is 16.3. The molecule has 0 spiro atoms. The average molecular weight is 275 g/mol. The van der Waals surface area contributed by atoms with Gasteiger partial charge in [0.1, 0.15) is 0 Å². The van der Waals surface area contributed by atoms with E-state index >= 15 is 0 Å². The molecule has 1 saturated carbocycles. The number of aliphatic hydroxyl groups is 1. The summed E-state index contributed by atoms with van der Waals surface area (Å²) >= 11 is 0. The van der Waals surface area contributed by atoms with Gasteiger partial charge < -0.3 is 10.4 Å². The van der Waals surface area contributed by atoms with E-state index in [9.17, 15) is 0 Å². The zero-order valence-electron chi connectivity index (χ0n) is 13.2. The number of rotatable bonds is 4. The second-order valence-corrected chi connectivity index (χ2v) is 7.27. The molecule has 0 heterocycles. The molecular weight excluding hydrogens is 246 g/mol. The van der Waals surface area contributed by atoms with E-state index in [-0.39, 0.29) is 6.61 Å². The van der Waals surface area contributed by atoms with Crippen molar-refractivity contribution in [2.24, 2.45) is 11.3 Å². The Morgan fingerprint density at radius 2 is 1.55 bits per heavy atom. The lowest BCUT2D eigenvalue weighted by molar-refractivity contribution is 0.160. The predicted octanol–water partition coefficient (Wildman–Crippen LogP) is 3.87. The quantitative estimate of drug-likeness (QED) is 0.874. The van der Waals surface area contributed by atoms with Crippen molar-refractivity contribution in [1.82, 2.24) is 5.32 Å². The van der Waals surface area contributed by atoms with Gasteiger partial charge in [-0.2, -0.15) is 0 Å². The Bertz CT molecular complexity index is 396. The summed E-state index contributed by atoms with van der Waals surface area (Å²) in [5, 5.41) is 12.7. The lowest BCUT2D eigenvalue weighted by Gasteiger charge is -2.37. The van der Waals surface area contributed by atoms with Crippen LogP contribution in [-0.2, 0) is 13.2 Å². The fourth-order valence-corrected chi connectivity index (χ4v) is 3.19. The van der Waals surface area contributed by atoms with Gasteiger partial charge in [-0.3, -0.25) is 0 Å². The van der Waals surface area contributed by atoms with Crippen LogP contribution in [0.3, 0.4) is 0 Å². The largest absolute Gasteiger partial charge is 0.392 e. The minimum absolute atomic E-state index is 0.129. The van der Waals surface area contributed by atoms with Crippen LogP contribution in [0.25, 0.3) is 0 Å². The Kier molecular flexibility index (Phi) is 5.22. The van der Waals surface area contributed by atoms with E-state index in [1.54, 1.807) is 0 Å². The minimum atomic E-state index is 0.129. The topological polar surface area (TPSA) is 32.3 Å². The monoisotopic (exact) mass is 275 g/mol. The van der Waals surface area contributed by atoms with Gasteiger partial charge in [0.05, 0.1) is 6.61 Å². The van der Waals surface area contributed by atoms with E-state index < -0.39 is 0 Å². The molecule has 1 aromatic rings. The third-order valence-electron chi connectivity index (χ3n) is 4.75. The van der Waals surface area contributed by atoms with Crippen LogP contribution in [-0.4, -0.2) is 11.1 Å². The summed E-state index contributed by atoms with van der Waals surface area (Å²) in [6.07, 6.45) is 5.31. The molecule has 0 saturated heterocycles. The first-order valence-corrected chi connectivity index (χ1v) is 7.91. The van der Waals surface area contributed by atoms with Crippen LogP contribution in [0.1, 0.15) is 57.6 Å². The maximum absolute atomic E-state index is 9.04. The van der Waals surface area contributed by atoms with Gasteiger partial charge in [0, 0.05) is 12.6 Å². The maximum atomic E-state index is 9.04. The molecule has 0 radical (unpaired) electrons. The first kappa shape index (κ1) is 15.5. The number of benzene rings is 1. The number of hydrogen-bond acceptors (Lipinski definition) is 2. The standard InChI is InChI=1S/C18H29NO/c1-18(2,3)16-8-10-17(11-9-16)19-12-14-4-6-15(13-20)7-5-14/h4-7,16-17,19-20H,8-13H2,1-3H3. The normalized spacial score (nSPS) is 23.8. The zero-order valence-corrected chi connectivity index (χ0v) is 13.2. The molecule has 2 heteroatoms. The fraction of sp³-hybridized carbons (Fsp3) is 0.667. The molecule has 0 aromatic heterocycles. The Balaban J connectivity index is 1.75. The van der Waals surface area contributed by atoms with Crippen molar-refractivity contribution in [2.45, 2.75) is 65.6 Å². The Morgan fingerprint density at radius 3 is 2.05 bits per heavy atom. The maximum Gasteiger partial charge on any atom is 0.0681 e. The average Bonchev–Trinajstić information content (AvgIpc) is 2.45. The van der Waals surface area contributed by atoms with Gasteiger partial charge in [0.25, 0.3) is 0 Å². The van der Waals surface area contributed by atoms with Crippen LogP contribution in [0.4, 0.5) is 0 Å². The van der Waals surface area contributed by atoms with Crippen LogP contribution in [0.2, 0.25) is 0 Å². The second-order valence-electron chi connectivity index (χ2n) is 7.27. The summed E-state index contributed by atoms with van der Waals surface area (Å²) < 4.78 is 0. The van der Waals surface area contributed by atoms with Gasteiger partial charge in [-0.05, 0) is 48.1 Å². The summed E-state index contributed by atoms with van der Waals surface area (Å²) in [5.74, 6) is 0.879. The van der Waals surface area contributed by atoms with Gasteiger partial charge in [0.2, 0.25) is 0 Å². The molecule has 1 aliphatic carbocycles. The lowest BCUT2D eigenvalue weighted by Crippen LogP contribution is -2.35. The minimum Gasteiger partial charge on any atom is -0.392 e. The highest BCUT2D eigenvalue weighted by Crippen LogP contribution is 2.37. The first-order valence-electron chi connectivity index (χ1n) is 7.91. The molecule has 1 aromatic carbocycles. The van der Waals surface area contributed by atoms with Crippen LogP contribution in [0.5, 0.6) is 0 Å². The number of aliphatic hydroxyl groups excluding tert-OH is 1. The van der Waals surface area contributed by atoms with Crippen molar-refractivity contribution in [3.8, 4) is 0 Å². The van der Waals surface area contributed by atoms with Gasteiger partial charge in [0.15, 0.2) is 0 Å². The fourth-order valence-electron chi connectivity index (χ4n) is 3.19. The van der Waals surface area contributed by atoms with E-state index in [2.05, 4.69) is 38.2 Å². The van der Waals surface area contributed by atoms with Crippen LogP contribution < -0.4 is 5.32 Å². The van der Waals surface area contributed by atoms with Crippen molar-refractivity contribution in [3.05, 3.63) is 35.4 Å². The van der Waals surface area contributed by atoms with E-state index in [1.165, 1.54) is 31.2 Å². The van der Waals surface area contributed by atoms with E-state index in [1.807, 2.05) is 12.1 Å². The van der Waals surface area contributed by atoms with Crippen molar-refractivity contribution < 1.29 is 5.11 Å². The second kappa shape index (κ2) is 6.73. The SMILES string of the molecule is CC(C)(C)C1CCC(NCc2ccc(CO)cc2)CC1. The van der Waals surface area contributed by atoms with Crippen molar-refractivity contribution in [2.75, 3.05) is 0 Å². The van der Waals surface area contributed by atoms with Crippen molar-refractivity contribution in [3.63, 3.8) is 0 Å². The molecule has 112 valence electrons. The third kappa shape index (κ3) is 4.32. The summed E-state index contributed by atoms with van der Waals surface area (Å²) in [6.45, 7) is 8.18. The highest BCUT2D eigenvalue weighted by molar-refractivity contribution is 5.21. The molecule has 1 fully saturated rings. The van der Waals surface area contributed by atoms with Crippen LogP contribution >= 0.6 is 0 Å². The van der Waals surface area contributed by atoms with Gasteiger partial charge in [-0.25, -0.2) is 0 Å². The molecule has 0 bridgehead atoms.